The molecule has 0 aliphatic carbocycles. The van der Waals surface area contributed by atoms with Gasteiger partial charge in [-0.2, -0.15) is 0 Å². The molecule has 0 atom stereocenters. The lowest BCUT2D eigenvalue weighted by atomic mass is 10.1. The molecule has 4 nitrogen and oxygen atoms in total. The number of ketones is 1. The van der Waals surface area contributed by atoms with Crippen molar-refractivity contribution < 1.29 is 20.1 Å². The summed E-state index contributed by atoms with van der Waals surface area (Å²) >= 11 is 0. The van der Waals surface area contributed by atoms with E-state index in [4.69, 9.17) is 5.11 Å². The molecule has 1 aromatic carbocycles. The van der Waals surface area contributed by atoms with E-state index in [9.17, 15) is 15.0 Å². The second kappa shape index (κ2) is 8.04. The lowest BCUT2D eigenvalue weighted by Crippen LogP contribution is -1.94. The number of hydrogen-bond acceptors (Lipinski definition) is 4. The van der Waals surface area contributed by atoms with Crippen molar-refractivity contribution in [1.29, 1.82) is 0 Å². The fourth-order valence-electron chi connectivity index (χ4n) is 1.66. The van der Waals surface area contributed by atoms with E-state index < -0.39 is 0 Å². The molecule has 0 spiro atoms. The summed E-state index contributed by atoms with van der Waals surface area (Å²) in [6, 6.07) is 4.30. The summed E-state index contributed by atoms with van der Waals surface area (Å²) in [5.74, 6) is -0.660. The molecular formula is C16H20O4. The van der Waals surface area contributed by atoms with Crippen LogP contribution in [-0.4, -0.2) is 21.1 Å². The van der Waals surface area contributed by atoms with Crippen LogP contribution in [0.15, 0.2) is 36.1 Å². The number of carbonyl (C=O) groups excluding carboxylic acids is 1. The number of rotatable bonds is 7. The van der Waals surface area contributed by atoms with Crippen LogP contribution in [0.1, 0.15) is 38.2 Å². The Bertz CT molecular complexity index is 515. The second-order valence-corrected chi connectivity index (χ2v) is 4.57. The van der Waals surface area contributed by atoms with Crippen LogP contribution in [-0.2, 0) is 4.79 Å². The first-order chi connectivity index (χ1) is 9.52. The quantitative estimate of drug-likeness (QED) is 0.233. The van der Waals surface area contributed by atoms with Crippen LogP contribution in [0.4, 0.5) is 0 Å². The first kappa shape index (κ1) is 15.8. The largest absolute Gasteiger partial charge is 0.508 e. The topological polar surface area (TPSA) is 77.8 Å². The van der Waals surface area contributed by atoms with Crippen LogP contribution >= 0.6 is 0 Å². The zero-order valence-electron chi connectivity index (χ0n) is 11.5. The van der Waals surface area contributed by atoms with Gasteiger partial charge in [0.2, 0.25) is 0 Å². The SMILES string of the molecule is CCCCCC(=O)C=C(O)/C=C/c1ccc(O)c(O)c1. The van der Waals surface area contributed by atoms with Gasteiger partial charge in [-0.3, -0.25) is 4.79 Å². The van der Waals surface area contributed by atoms with Gasteiger partial charge < -0.3 is 15.3 Å². The Morgan fingerprint density at radius 2 is 1.95 bits per heavy atom. The molecule has 20 heavy (non-hydrogen) atoms. The normalized spacial score (nSPS) is 11.9. The molecule has 0 amide bonds. The maximum absolute atomic E-state index is 11.5. The van der Waals surface area contributed by atoms with E-state index in [1.807, 2.05) is 0 Å². The third-order valence-electron chi connectivity index (χ3n) is 2.78. The maximum Gasteiger partial charge on any atom is 0.159 e. The predicted molar refractivity (Wildman–Crippen MR) is 78.7 cm³/mol. The minimum atomic E-state index is -0.230. The Hall–Kier alpha value is -2.23. The van der Waals surface area contributed by atoms with Crippen molar-refractivity contribution in [3.8, 4) is 11.5 Å². The van der Waals surface area contributed by atoms with Crippen molar-refractivity contribution in [2.24, 2.45) is 0 Å². The Labute approximate surface area is 118 Å². The fourth-order valence-corrected chi connectivity index (χ4v) is 1.66. The van der Waals surface area contributed by atoms with Gasteiger partial charge in [-0.15, -0.1) is 0 Å². The molecule has 0 unspecified atom stereocenters. The molecule has 0 saturated carbocycles. The lowest BCUT2D eigenvalue weighted by molar-refractivity contribution is -0.114. The summed E-state index contributed by atoms with van der Waals surface area (Å²) in [7, 11) is 0. The van der Waals surface area contributed by atoms with Gasteiger partial charge in [0.1, 0.15) is 5.76 Å². The Kier molecular flexibility index (Phi) is 6.37. The third-order valence-corrected chi connectivity index (χ3v) is 2.78. The smallest absolute Gasteiger partial charge is 0.159 e. The number of aromatic hydroxyl groups is 2. The molecule has 0 aliphatic heterocycles. The molecule has 1 aromatic rings. The number of aliphatic hydroxyl groups is 1. The van der Waals surface area contributed by atoms with Crippen molar-refractivity contribution in [1.82, 2.24) is 0 Å². The molecule has 0 heterocycles. The maximum atomic E-state index is 11.5. The third kappa shape index (κ3) is 5.61. The van der Waals surface area contributed by atoms with Crippen molar-refractivity contribution in [3.63, 3.8) is 0 Å². The monoisotopic (exact) mass is 276 g/mol. The summed E-state index contributed by atoms with van der Waals surface area (Å²) in [6.07, 6.45) is 7.44. The van der Waals surface area contributed by atoms with Crippen LogP contribution < -0.4 is 0 Å². The predicted octanol–water partition coefficient (Wildman–Crippen LogP) is 3.70. The minimum absolute atomic E-state index is 0.103. The number of aliphatic hydroxyl groups excluding tert-OH is 1. The van der Waals surface area contributed by atoms with Crippen molar-refractivity contribution >= 4 is 11.9 Å². The molecule has 0 fully saturated rings. The minimum Gasteiger partial charge on any atom is -0.508 e. The van der Waals surface area contributed by atoms with Crippen LogP contribution in [0, 0.1) is 0 Å². The van der Waals surface area contributed by atoms with Gasteiger partial charge in [0, 0.05) is 12.5 Å². The van der Waals surface area contributed by atoms with Gasteiger partial charge in [-0.1, -0.05) is 31.9 Å². The van der Waals surface area contributed by atoms with Gasteiger partial charge >= 0.3 is 0 Å². The number of carbonyl (C=O) groups is 1. The molecule has 0 radical (unpaired) electrons. The molecule has 4 heteroatoms. The number of phenols is 2. The van der Waals surface area contributed by atoms with Crippen LogP contribution in [0.5, 0.6) is 11.5 Å². The number of phenolic OH excluding ortho intramolecular Hbond substituents is 2. The Morgan fingerprint density at radius 1 is 1.20 bits per heavy atom. The second-order valence-electron chi connectivity index (χ2n) is 4.57. The average molecular weight is 276 g/mol. The van der Waals surface area contributed by atoms with Crippen molar-refractivity contribution in [3.05, 3.63) is 41.7 Å². The summed E-state index contributed by atoms with van der Waals surface area (Å²) < 4.78 is 0. The van der Waals surface area contributed by atoms with Gasteiger partial charge in [0.05, 0.1) is 0 Å². The summed E-state index contributed by atoms with van der Waals surface area (Å²) in [5.41, 5.74) is 0.610. The number of allylic oxidation sites excluding steroid dienone is 2. The fraction of sp³-hybridized carbons (Fsp3) is 0.312. The van der Waals surface area contributed by atoms with Crippen LogP contribution in [0.2, 0.25) is 0 Å². The Morgan fingerprint density at radius 3 is 2.60 bits per heavy atom. The van der Waals surface area contributed by atoms with Crippen LogP contribution in [0.3, 0.4) is 0 Å². The van der Waals surface area contributed by atoms with Gasteiger partial charge in [0.15, 0.2) is 17.3 Å². The molecule has 108 valence electrons. The van der Waals surface area contributed by atoms with Gasteiger partial charge in [-0.05, 0) is 30.2 Å². The van der Waals surface area contributed by atoms with E-state index in [0.29, 0.717) is 12.0 Å². The molecule has 0 saturated heterocycles. The summed E-state index contributed by atoms with van der Waals surface area (Å²) in [6.45, 7) is 2.06. The summed E-state index contributed by atoms with van der Waals surface area (Å²) in [5, 5.41) is 28.1. The van der Waals surface area contributed by atoms with E-state index in [-0.39, 0.29) is 23.0 Å². The van der Waals surface area contributed by atoms with Crippen molar-refractivity contribution in [2.75, 3.05) is 0 Å². The van der Waals surface area contributed by atoms with E-state index in [0.717, 1.165) is 19.3 Å². The zero-order valence-corrected chi connectivity index (χ0v) is 11.5. The number of benzene rings is 1. The lowest BCUT2D eigenvalue weighted by Gasteiger charge is -1.98. The molecular weight excluding hydrogens is 256 g/mol. The van der Waals surface area contributed by atoms with Crippen molar-refractivity contribution in [2.45, 2.75) is 32.6 Å². The number of unbranched alkanes of at least 4 members (excludes halogenated alkanes) is 2. The first-order valence-electron chi connectivity index (χ1n) is 6.66. The zero-order chi connectivity index (χ0) is 15.0. The molecule has 0 bridgehead atoms. The standard InChI is InChI=1S/C16H20O4/c1-2-3-4-5-13(17)11-14(18)8-6-12-7-9-15(19)16(20)10-12/h6-11,18-20H,2-5H2,1H3/b8-6+,14-11?. The molecule has 0 aliphatic rings. The highest BCUT2D eigenvalue weighted by Gasteiger charge is 2.00. The average Bonchev–Trinajstić information content (AvgIpc) is 2.40. The summed E-state index contributed by atoms with van der Waals surface area (Å²) in [4.78, 5) is 11.5. The first-order valence-corrected chi connectivity index (χ1v) is 6.66. The van der Waals surface area contributed by atoms with Crippen LogP contribution in [0.25, 0.3) is 6.08 Å². The van der Waals surface area contributed by atoms with E-state index in [1.165, 1.54) is 24.3 Å². The molecule has 1 rings (SSSR count). The highest BCUT2D eigenvalue weighted by molar-refractivity contribution is 5.90. The number of hydrogen-bond donors (Lipinski definition) is 3. The van der Waals surface area contributed by atoms with E-state index >= 15 is 0 Å². The van der Waals surface area contributed by atoms with E-state index in [2.05, 4.69) is 6.92 Å². The van der Waals surface area contributed by atoms with E-state index in [1.54, 1.807) is 12.1 Å². The highest BCUT2D eigenvalue weighted by atomic mass is 16.3. The van der Waals surface area contributed by atoms with Gasteiger partial charge in [0.25, 0.3) is 0 Å². The Balaban J connectivity index is 2.59. The molecule has 3 N–H and O–H groups in total. The van der Waals surface area contributed by atoms with Gasteiger partial charge in [-0.25, -0.2) is 0 Å². The highest BCUT2D eigenvalue weighted by Crippen LogP contribution is 2.25. The molecule has 0 aromatic heterocycles.